The minimum Gasteiger partial charge on any atom is -0.508 e. The van der Waals surface area contributed by atoms with Crippen molar-refractivity contribution in [1.29, 1.82) is 0 Å². The molecule has 18 heavy (non-hydrogen) atoms. The van der Waals surface area contributed by atoms with E-state index in [1.807, 2.05) is 18.2 Å². The molecule has 0 amide bonds. The molecule has 96 valence electrons. The summed E-state index contributed by atoms with van der Waals surface area (Å²) in [6.07, 6.45) is 6.48. The molecular weight excluding hydrogens is 228 g/mol. The summed E-state index contributed by atoms with van der Waals surface area (Å²) in [5.74, 6) is 0.487. The Balaban J connectivity index is 2.39. The van der Waals surface area contributed by atoms with Gasteiger partial charge in [-0.25, -0.2) is 0 Å². The summed E-state index contributed by atoms with van der Waals surface area (Å²) in [7, 11) is 1.68. The fraction of sp³-hybridized carbons (Fsp3) is 0.400. The van der Waals surface area contributed by atoms with E-state index in [9.17, 15) is 9.90 Å². The lowest BCUT2D eigenvalue weighted by atomic mass is 9.95. The Hall–Kier alpha value is -1.61. The molecule has 3 heteroatoms. The van der Waals surface area contributed by atoms with E-state index in [-0.39, 0.29) is 17.6 Å². The van der Waals surface area contributed by atoms with Crippen molar-refractivity contribution in [2.75, 3.05) is 7.11 Å². The fourth-order valence-electron chi connectivity index (χ4n) is 2.30. The van der Waals surface area contributed by atoms with Crippen LogP contribution in [-0.4, -0.2) is 18.0 Å². The number of aromatic hydroxyl groups is 1. The largest absolute Gasteiger partial charge is 0.508 e. The molecule has 0 saturated heterocycles. The Morgan fingerprint density at radius 1 is 1.39 bits per heavy atom. The van der Waals surface area contributed by atoms with Crippen molar-refractivity contribution in [3.8, 4) is 5.75 Å². The Morgan fingerprint density at radius 2 is 2.22 bits per heavy atom. The predicted molar refractivity (Wildman–Crippen MR) is 70.4 cm³/mol. The number of rotatable bonds is 1. The second-order valence-corrected chi connectivity index (χ2v) is 4.57. The van der Waals surface area contributed by atoms with Gasteiger partial charge in [-0.3, -0.25) is 4.79 Å². The summed E-state index contributed by atoms with van der Waals surface area (Å²) in [5, 5.41) is 9.55. The number of allylic oxidation sites excluding steroid dienone is 1. The maximum atomic E-state index is 11.5. The van der Waals surface area contributed by atoms with Gasteiger partial charge in [-0.2, -0.15) is 0 Å². The average Bonchev–Trinajstić information content (AvgIpc) is 2.36. The van der Waals surface area contributed by atoms with E-state index in [1.165, 1.54) is 0 Å². The van der Waals surface area contributed by atoms with E-state index in [0.717, 1.165) is 24.0 Å². The lowest BCUT2D eigenvalue weighted by molar-refractivity contribution is -0.118. The van der Waals surface area contributed by atoms with Gasteiger partial charge >= 0.3 is 0 Å². The number of benzene rings is 1. The van der Waals surface area contributed by atoms with Gasteiger partial charge in [0.1, 0.15) is 11.5 Å². The van der Waals surface area contributed by atoms with Gasteiger partial charge in [-0.15, -0.1) is 0 Å². The molecule has 1 atom stereocenters. The Bertz CT molecular complexity index is 463. The van der Waals surface area contributed by atoms with Crippen LogP contribution < -0.4 is 0 Å². The fourth-order valence-corrected chi connectivity index (χ4v) is 2.30. The van der Waals surface area contributed by atoms with Crippen molar-refractivity contribution in [1.82, 2.24) is 0 Å². The Morgan fingerprint density at radius 3 is 3.00 bits per heavy atom. The number of hydrogen-bond acceptors (Lipinski definition) is 3. The van der Waals surface area contributed by atoms with E-state index in [0.29, 0.717) is 12.8 Å². The molecule has 1 aliphatic carbocycles. The van der Waals surface area contributed by atoms with Crippen LogP contribution in [0.5, 0.6) is 5.75 Å². The van der Waals surface area contributed by atoms with Gasteiger partial charge < -0.3 is 9.84 Å². The number of methoxy groups -OCH3 is 1. The summed E-state index contributed by atoms with van der Waals surface area (Å²) in [5.41, 5.74) is 2.00. The molecular formula is C15H18O3. The zero-order valence-electron chi connectivity index (χ0n) is 10.6. The van der Waals surface area contributed by atoms with Crippen LogP contribution in [0.4, 0.5) is 0 Å². The van der Waals surface area contributed by atoms with Crippen molar-refractivity contribution in [2.24, 2.45) is 0 Å². The highest BCUT2D eigenvalue weighted by Gasteiger charge is 2.16. The number of hydrogen-bond donors (Lipinski definition) is 1. The van der Waals surface area contributed by atoms with Gasteiger partial charge in [0.05, 0.1) is 6.10 Å². The topological polar surface area (TPSA) is 46.5 Å². The molecule has 1 aromatic carbocycles. The molecule has 1 N–H and O–H groups in total. The van der Waals surface area contributed by atoms with Gasteiger partial charge in [0.15, 0.2) is 0 Å². The van der Waals surface area contributed by atoms with Gasteiger partial charge in [-0.05, 0) is 36.1 Å². The van der Waals surface area contributed by atoms with Crippen LogP contribution in [-0.2, 0) is 9.53 Å². The predicted octanol–water partition coefficient (Wildman–Crippen LogP) is 3.24. The molecule has 0 saturated carbocycles. The number of carbonyl (C=O) groups is 1. The van der Waals surface area contributed by atoms with Crippen molar-refractivity contribution < 1.29 is 14.6 Å². The monoisotopic (exact) mass is 246 g/mol. The lowest BCUT2D eigenvalue weighted by Gasteiger charge is -2.19. The van der Waals surface area contributed by atoms with Crippen LogP contribution in [0, 0.1) is 0 Å². The summed E-state index contributed by atoms with van der Waals surface area (Å²) in [6.45, 7) is 0. The second kappa shape index (κ2) is 5.83. The van der Waals surface area contributed by atoms with Gasteiger partial charge in [0.2, 0.25) is 0 Å². The molecule has 3 nitrogen and oxygen atoms in total. The van der Waals surface area contributed by atoms with E-state index in [1.54, 1.807) is 19.2 Å². The van der Waals surface area contributed by atoms with Gasteiger partial charge in [0.25, 0.3) is 0 Å². The summed E-state index contributed by atoms with van der Waals surface area (Å²) in [6, 6.07) is 5.28. The van der Waals surface area contributed by atoms with Crippen LogP contribution in [0.25, 0.3) is 6.08 Å². The first-order chi connectivity index (χ1) is 8.70. The lowest BCUT2D eigenvalue weighted by Crippen LogP contribution is -2.06. The molecule has 0 radical (unpaired) electrons. The van der Waals surface area contributed by atoms with Crippen LogP contribution in [0.1, 0.15) is 42.9 Å². The number of Topliss-reactive ketones (excluding diaryl/α,β-unsaturated/α-hetero) is 1. The van der Waals surface area contributed by atoms with Gasteiger partial charge in [-0.1, -0.05) is 18.2 Å². The van der Waals surface area contributed by atoms with Crippen LogP contribution in [0.3, 0.4) is 0 Å². The number of fused-ring (bicyclic) bond motifs is 1. The summed E-state index contributed by atoms with van der Waals surface area (Å²) in [4.78, 5) is 11.5. The van der Waals surface area contributed by atoms with Crippen molar-refractivity contribution >= 4 is 11.9 Å². The average molecular weight is 246 g/mol. The Labute approximate surface area is 107 Å². The van der Waals surface area contributed by atoms with Gasteiger partial charge in [0, 0.05) is 20.0 Å². The molecule has 0 aliphatic heterocycles. The first kappa shape index (κ1) is 12.8. The molecule has 0 fully saturated rings. The second-order valence-electron chi connectivity index (χ2n) is 4.57. The first-order valence-corrected chi connectivity index (χ1v) is 6.24. The zero-order valence-corrected chi connectivity index (χ0v) is 10.6. The van der Waals surface area contributed by atoms with Crippen molar-refractivity contribution in [3.63, 3.8) is 0 Å². The smallest absolute Gasteiger partial charge is 0.136 e. The normalized spacial score (nSPS) is 22.3. The van der Waals surface area contributed by atoms with Crippen LogP contribution in [0.15, 0.2) is 24.3 Å². The third-order valence-corrected chi connectivity index (χ3v) is 3.27. The minimum absolute atomic E-state index is 0.0175. The minimum atomic E-state index is -0.0175. The SMILES string of the molecule is CO[C@H]1CCCC(=O)C/C=C\c2cc(O)ccc21. The molecule has 0 bridgehead atoms. The molecule has 0 heterocycles. The zero-order chi connectivity index (χ0) is 13.0. The van der Waals surface area contributed by atoms with Crippen molar-refractivity contribution in [2.45, 2.75) is 31.8 Å². The molecule has 0 aromatic heterocycles. The van der Waals surface area contributed by atoms with E-state index < -0.39 is 0 Å². The van der Waals surface area contributed by atoms with Crippen LogP contribution in [0.2, 0.25) is 0 Å². The third kappa shape index (κ3) is 2.99. The number of ketones is 1. The standard InChI is InChI=1S/C15H18O3/c1-18-15-7-3-6-12(16)5-2-4-11-10-13(17)8-9-14(11)15/h2,4,8-10,15,17H,3,5-7H2,1H3/b4-2-/t15-/m0/s1. The Kier molecular flexibility index (Phi) is 4.15. The molecule has 1 aliphatic rings. The molecule has 2 rings (SSSR count). The number of ether oxygens (including phenoxy) is 1. The number of phenols is 1. The quantitative estimate of drug-likeness (QED) is 0.827. The third-order valence-electron chi connectivity index (χ3n) is 3.27. The number of phenolic OH excluding ortho intramolecular Hbond substituents is 1. The van der Waals surface area contributed by atoms with E-state index in [2.05, 4.69) is 0 Å². The van der Waals surface area contributed by atoms with Crippen molar-refractivity contribution in [3.05, 3.63) is 35.4 Å². The summed E-state index contributed by atoms with van der Waals surface area (Å²) >= 11 is 0. The molecule has 0 unspecified atom stereocenters. The summed E-state index contributed by atoms with van der Waals surface area (Å²) < 4.78 is 5.50. The molecule has 1 aromatic rings. The first-order valence-electron chi connectivity index (χ1n) is 6.24. The van der Waals surface area contributed by atoms with Crippen LogP contribution >= 0.6 is 0 Å². The maximum absolute atomic E-state index is 11.5. The number of carbonyl (C=O) groups excluding carboxylic acids is 1. The highest BCUT2D eigenvalue weighted by atomic mass is 16.5. The van der Waals surface area contributed by atoms with E-state index in [4.69, 9.17) is 4.74 Å². The highest BCUT2D eigenvalue weighted by molar-refractivity contribution is 5.81. The molecule has 0 spiro atoms. The van der Waals surface area contributed by atoms with E-state index >= 15 is 0 Å². The maximum Gasteiger partial charge on any atom is 0.136 e. The highest BCUT2D eigenvalue weighted by Crippen LogP contribution is 2.30.